The SMILES string of the molecule is C/C=C(\C=C(/C)F)N(C)C1(C(=O)N(C)C(C)(C)c2ccccc2)CCN(Cc2cccc(OC(C)C)c2)CC1.CC. The second-order valence-corrected chi connectivity index (χ2v) is 11.4. The van der Waals surface area contributed by atoms with Crippen LogP contribution in [-0.4, -0.2) is 59.4 Å². The number of likely N-dealkylation sites (N-methyl/N-ethyl adjacent to an activating group) is 2. The smallest absolute Gasteiger partial charge is 0.248 e. The van der Waals surface area contributed by atoms with Crippen molar-refractivity contribution in [2.24, 2.45) is 0 Å². The molecule has 1 aliphatic heterocycles. The minimum atomic E-state index is -0.798. The molecule has 1 amide bonds. The van der Waals surface area contributed by atoms with E-state index in [0.29, 0.717) is 18.5 Å². The first-order valence-corrected chi connectivity index (χ1v) is 15.0. The molecule has 0 radical (unpaired) electrons. The van der Waals surface area contributed by atoms with E-state index >= 15 is 0 Å². The van der Waals surface area contributed by atoms with Gasteiger partial charge in [0.25, 0.3) is 0 Å². The van der Waals surface area contributed by atoms with Crippen molar-refractivity contribution in [3.05, 3.63) is 89.4 Å². The molecule has 5 nitrogen and oxygen atoms in total. The molecule has 0 spiro atoms. The topological polar surface area (TPSA) is 36.0 Å². The fourth-order valence-corrected chi connectivity index (χ4v) is 5.45. The first kappa shape index (κ1) is 34.1. The maximum Gasteiger partial charge on any atom is 0.248 e. The van der Waals surface area contributed by atoms with E-state index in [9.17, 15) is 9.18 Å². The molecular weight excluding hydrogens is 513 g/mol. The van der Waals surface area contributed by atoms with Crippen molar-refractivity contribution in [2.45, 2.75) is 92.0 Å². The highest BCUT2D eigenvalue weighted by atomic mass is 19.1. The Morgan fingerprint density at radius 1 is 1.07 bits per heavy atom. The van der Waals surface area contributed by atoms with Crippen LogP contribution in [0.4, 0.5) is 4.39 Å². The summed E-state index contributed by atoms with van der Waals surface area (Å²) >= 11 is 0. The number of hydrogen-bond donors (Lipinski definition) is 0. The highest BCUT2D eigenvalue weighted by Gasteiger charge is 2.49. The molecule has 0 atom stereocenters. The molecule has 6 heteroatoms. The Bertz CT molecular complexity index is 1160. The zero-order valence-corrected chi connectivity index (χ0v) is 27.0. The fourth-order valence-electron chi connectivity index (χ4n) is 5.45. The van der Waals surface area contributed by atoms with E-state index in [1.165, 1.54) is 18.6 Å². The van der Waals surface area contributed by atoms with E-state index in [2.05, 4.69) is 43.0 Å². The average Bonchev–Trinajstić information content (AvgIpc) is 2.96. The number of ether oxygens (including phenoxy) is 1. The molecule has 0 aromatic heterocycles. The molecule has 0 aliphatic carbocycles. The molecule has 0 N–H and O–H groups in total. The van der Waals surface area contributed by atoms with E-state index in [-0.39, 0.29) is 17.8 Å². The van der Waals surface area contributed by atoms with E-state index < -0.39 is 11.1 Å². The first-order chi connectivity index (χ1) is 19.4. The molecular formula is C35H52FN3O2. The minimum Gasteiger partial charge on any atom is -0.491 e. The monoisotopic (exact) mass is 565 g/mol. The molecule has 41 heavy (non-hydrogen) atoms. The number of allylic oxidation sites excluding steroid dienone is 3. The molecule has 1 saturated heterocycles. The average molecular weight is 566 g/mol. The number of amides is 1. The van der Waals surface area contributed by atoms with Gasteiger partial charge in [-0.05, 0) is 83.7 Å². The summed E-state index contributed by atoms with van der Waals surface area (Å²) in [6, 6.07) is 18.4. The maximum absolute atomic E-state index is 14.5. The third-order valence-corrected chi connectivity index (χ3v) is 8.05. The lowest BCUT2D eigenvalue weighted by Crippen LogP contribution is -2.64. The third-order valence-electron chi connectivity index (χ3n) is 8.05. The number of rotatable bonds is 10. The van der Waals surface area contributed by atoms with Gasteiger partial charge in [-0.25, -0.2) is 4.39 Å². The van der Waals surface area contributed by atoms with Crippen LogP contribution in [0.5, 0.6) is 5.75 Å². The Hall–Kier alpha value is -3.12. The number of piperidine rings is 1. The summed E-state index contributed by atoms with van der Waals surface area (Å²) in [6.07, 6.45) is 4.79. The van der Waals surface area contributed by atoms with Crippen LogP contribution in [0.2, 0.25) is 0 Å². The number of nitrogens with zero attached hydrogens (tertiary/aromatic N) is 3. The van der Waals surface area contributed by atoms with E-state index in [0.717, 1.165) is 30.9 Å². The van der Waals surface area contributed by atoms with Crippen molar-refractivity contribution in [2.75, 3.05) is 27.2 Å². The summed E-state index contributed by atoms with van der Waals surface area (Å²) in [4.78, 5) is 20.8. The second kappa shape index (κ2) is 15.2. The number of hydrogen-bond acceptors (Lipinski definition) is 4. The van der Waals surface area contributed by atoms with Crippen molar-refractivity contribution in [3.8, 4) is 5.75 Å². The van der Waals surface area contributed by atoms with Crippen LogP contribution in [0.25, 0.3) is 0 Å². The van der Waals surface area contributed by atoms with Crippen LogP contribution in [0, 0.1) is 0 Å². The Kier molecular flexibility index (Phi) is 12.6. The van der Waals surface area contributed by atoms with Gasteiger partial charge in [0, 0.05) is 39.4 Å². The lowest BCUT2D eigenvalue weighted by molar-refractivity contribution is -0.150. The second-order valence-electron chi connectivity index (χ2n) is 11.4. The van der Waals surface area contributed by atoms with Gasteiger partial charge in [0.05, 0.1) is 17.5 Å². The number of likely N-dealkylation sites (tertiary alicyclic amines) is 1. The highest BCUT2D eigenvalue weighted by Crippen LogP contribution is 2.37. The van der Waals surface area contributed by atoms with Crippen molar-refractivity contribution < 1.29 is 13.9 Å². The van der Waals surface area contributed by atoms with Crippen LogP contribution in [0.3, 0.4) is 0 Å². The molecule has 2 aromatic rings. The zero-order chi connectivity index (χ0) is 30.8. The van der Waals surface area contributed by atoms with E-state index in [1.807, 2.05) is 94.9 Å². The lowest BCUT2D eigenvalue weighted by Gasteiger charge is -2.51. The van der Waals surface area contributed by atoms with Crippen molar-refractivity contribution in [3.63, 3.8) is 0 Å². The summed E-state index contributed by atoms with van der Waals surface area (Å²) in [6.45, 7) is 17.8. The molecule has 2 aromatic carbocycles. The van der Waals surface area contributed by atoms with Crippen molar-refractivity contribution in [1.29, 1.82) is 0 Å². The fraction of sp³-hybridized carbons (Fsp3) is 0.514. The molecule has 0 saturated carbocycles. The van der Waals surface area contributed by atoms with Gasteiger partial charge in [-0.15, -0.1) is 0 Å². The minimum absolute atomic E-state index is 0.0510. The molecule has 1 aliphatic rings. The summed E-state index contributed by atoms with van der Waals surface area (Å²) < 4.78 is 19.9. The van der Waals surface area contributed by atoms with Gasteiger partial charge in [-0.2, -0.15) is 0 Å². The van der Waals surface area contributed by atoms with Crippen molar-refractivity contribution >= 4 is 5.91 Å². The van der Waals surface area contributed by atoms with Crippen LogP contribution in [0.15, 0.2) is 78.3 Å². The van der Waals surface area contributed by atoms with Crippen LogP contribution < -0.4 is 4.74 Å². The molecule has 1 fully saturated rings. The van der Waals surface area contributed by atoms with Gasteiger partial charge in [-0.1, -0.05) is 62.4 Å². The Labute approximate surface area is 248 Å². The van der Waals surface area contributed by atoms with Gasteiger partial charge in [0.1, 0.15) is 11.3 Å². The first-order valence-electron chi connectivity index (χ1n) is 15.0. The predicted molar refractivity (Wildman–Crippen MR) is 169 cm³/mol. The van der Waals surface area contributed by atoms with Gasteiger partial charge in [-0.3, -0.25) is 9.69 Å². The van der Waals surface area contributed by atoms with Gasteiger partial charge in [0.15, 0.2) is 0 Å². The Balaban J connectivity index is 0.00000287. The van der Waals surface area contributed by atoms with Crippen LogP contribution in [-0.2, 0) is 16.9 Å². The summed E-state index contributed by atoms with van der Waals surface area (Å²) in [5.74, 6) is 0.645. The van der Waals surface area contributed by atoms with E-state index in [1.54, 1.807) is 0 Å². The van der Waals surface area contributed by atoms with Gasteiger partial charge < -0.3 is 14.5 Å². The molecule has 1 heterocycles. The summed E-state index contributed by atoms with van der Waals surface area (Å²) in [5, 5.41) is 0. The predicted octanol–water partition coefficient (Wildman–Crippen LogP) is 7.94. The lowest BCUT2D eigenvalue weighted by atomic mass is 9.81. The molecule has 3 rings (SSSR count). The van der Waals surface area contributed by atoms with Gasteiger partial charge in [0.2, 0.25) is 5.91 Å². The maximum atomic E-state index is 14.5. The number of halogens is 1. The summed E-state index contributed by atoms with van der Waals surface area (Å²) in [5.41, 5.74) is 1.66. The molecule has 226 valence electrons. The zero-order valence-electron chi connectivity index (χ0n) is 27.0. The van der Waals surface area contributed by atoms with Gasteiger partial charge >= 0.3 is 0 Å². The normalized spacial score (nSPS) is 16.1. The van der Waals surface area contributed by atoms with Crippen LogP contribution >= 0.6 is 0 Å². The summed E-state index contributed by atoms with van der Waals surface area (Å²) in [7, 11) is 3.82. The standard InChI is InChI=1S/C33H46FN3O2.C2H6/c1-9-29(22-26(4)34)35(7)33(31(38)36(8)32(5,6)28-15-11-10-12-16-28)18-20-37(21-19-33)24-27-14-13-17-30(23-27)39-25(2)3;1-2/h9-17,22-23,25H,18-21,24H2,1-8H3;1-2H3/b26-22+,29-9+;. The quantitative estimate of drug-likeness (QED) is 0.274. The largest absolute Gasteiger partial charge is 0.491 e. The number of carbonyl (C=O) groups is 1. The van der Waals surface area contributed by atoms with E-state index in [4.69, 9.17) is 4.74 Å². The van der Waals surface area contributed by atoms with Crippen molar-refractivity contribution in [1.82, 2.24) is 14.7 Å². The molecule has 0 bridgehead atoms. The number of carbonyl (C=O) groups excluding carboxylic acids is 1. The highest BCUT2D eigenvalue weighted by molar-refractivity contribution is 5.87. The van der Waals surface area contributed by atoms with Crippen LogP contribution in [0.1, 0.15) is 79.4 Å². The Morgan fingerprint density at radius 2 is 1.68 bits per heavy atom. The molecule has 0 unspecified atom stereocenters. The third kappa shape index (κ3) is 8.45. The number of benzene rings is 2. The Morgan fingerprint density at radius 3 is 2.22 bits per heavy atom.